The highest BCUT2D eigenvalue weighted by molar-refractivity contribution is 5.72. The van der Waals surface area contributed by atoms with Crippen LogP contribution in [0.3, 0.4) is 0 Å². The van der Waals surface area contributed by atoms with E-state index in [1.807, 2.05) is 25.1 Å². The maximum Gasteiger partial charge on any atom is 0.311 e. The van der Waals surface area contributed by atoms with Gasteiger partial charge in [0.15, 0.2) is 0 Å². The highest BCUT2D eigenvalue weighted by Gasteiger charge is 2.01. The first-order valence-electron chi connectivity index (χ1n) is 9.15. The SMILES string of the molecule is CCCC(=O)Oc1ccccc1.O=C(O)CCCCCCCCC(=O)O. The molecule has 26 heavy (non-hydrogen) atoms. The highest BCUT2D eigenvalue weighted by Crippen LogP contribution is 2.09. The minimum absolute atomic E-state index is 0.163. The lowest BCUT2D eigenvalue weighted by atomic mass is 10.1. The Labute approximate surface area is 155 Å². The van der Waals surface area contributed by atoms with Gasteiger partial charge in [-0.1, -0.05) is 50.8 Å². The third-order valence-electron chi connectivity index (χ3n) is 3.46. The molecule has 0 heterocycles. The predicted molar refractivity (Wildman–Crippen MR) is 99.2 cm³/mol. The summed E-state index contributed by atoms with van der Waals surface area (Å²) in [6.07, 6.45) is 7.13. The molecule has 1 rings (SSSR count). The Hall–Kier alpha value is -2.37. The smallest absolute Gasteiger partial charge is 0.311 e. The van der Waals surface area contributed by atoms with Crippen LogP contribution in [0, 0.1) is 0 Å². The number of hydrogen-bond donors (Lipinski definition) is 2. The van der Waals surface area contributed by atoms with Gasteiger partial charge >= 0.3 is 17.9 Å². The maximum absolute atomic E-state index is 11.0. The Bertz CT molecular complexity index is 492. The second-order valence-corrected chi connectivity index (χ2v) is 5.95. The van der Waals surface area contributed by atoms with E-state index in [1.54, 1.807) is 12.1 Å². The van der Waals surface area contributed by atoms with Crippen LogP contribution < -0.4 is 4.74 Å². The average molecular weight is 366 g/mol. The number of ether oxygens (including phenoxy) is 1. The van der Waals surface area contributed by atoms with Gasteiger partial charge in [0.05, 0.1) is 0 Å². The highest BCUT2D eigenvalue weighted by atomic mass is 16.5. The zero-order valence-electron chi connectivity index (χ0n) is 15.5. The van der Waals surface area contributed by atoms with Crippen molar-refractivity contribution in [2.24, 2.45) is 0 Å². The third-order valence-corrected chi connectivity index (χ3v) is 3.46. The predicted octanol–water partition coefficient (Wildman–Crippen LogP) is 4.67. The molecular weight excluding hydrogens is 336 g/mol. The first-order valence-corrected chi connectivity index (χ1v) is 9.15. The molecule has 0 aliphatic heterocycles. The molecule has 6 heteroatoms. The number of carbonyl (C=O) groups excluding carboxylic acids is 1. The van der Waals surface area contributed by atoms with Gasteiger partial charge in [-0.25, -0.2) is 0 Å². The summed E-state index contributed by atoms with van der Waals surface area (Å²) in [4.78, 5) is 31.3. The van der Waals surface area contributed by atoms with Gasteiger partial charge in [0.2, 0.25) is 0 Å². The van der Waals surface area contributed by atoms with Crippen LogP contribution in [0.15, 0.2) is 30.3 Å². The summed E-state index contributed by atoms with van der Waals surface area (Å²) in [6.45, 7) is 1.95. The van der Waals surface area contributed by atoms with E-state index in [0.717, 1.165) is 44.9 Å². The van der Waals surface area contributed by atoms with E-state index in [1.165, 1.54) is 0 Å². The molecular formula is C20H30O6. The zero-order chi connectivity index (χ0) is 19.6. The largest absolute Gasteiger partial charge is 0.481 e. The molecule has 0 aliphatic rings. The van der Waals surface area contributed by atoms with E-state index in [0.29, 0.717) is 12.2 Å². The van der Waals surface area contributed by atoms with Gasteiger partial charge < -0.3 is 14.9 Å². The van der Waals surface area contributed by atoms with Gasteiger partial charge in [0.25, 0.3) is 0 Å². The van der Waals surface area contributed by atoms with Gasteiger partial charge in [-0.3, -0.25) is 14.4 Å². The average Bonchev–Trinajstić information content (AvgIpc) is 2.58. The summed E-state index contributed by atoms with van der Waals surface area (Å²) in [5, 5.41) is 16.7. The standard InChI is InChI=1S/C10H18O4.C10H12O2/c11-9(12)7-5-3-1-2-4-6-8-10(13)14;1-2-6-10(11)12-9-7-4-3-5-8-9/h1-8H2,(H,11,12)(H,13,14);3-5,7-8H,2,6H2,1H3. The van der Waals surface area contributed by atoms with E-state index in [-0.39, 0.29) is 18.8 Å². The molecule has 0 saturated carbocycles. The lowest BCUT2D eigenvalue weighted by Crippen LogP contribution is -2.06. The molecule has 0 saturated heterocycles. The molecule has 0 bridgehead atoms. The summed E-state index contributed by atoms with van der Waals surface area (Å²) in [7, 11) is 0. The van der Waals surface area contributed by atoms with Crippen molar-refractivity contribution in [2.75, 3.05) is 0 Å². The van der Waals surface area contributed by atoms with Gasteiger partial charge in [-0.2, -0.15) is 0 Å². The molecule has 1 aromatic rings. The normalized spacial score (nSPS) is 9.73. The second-order valence-electron chi connectivity index (χ2n) is 5.95. The monoisotopic (exact) mass is 366 g/mol. The van der Waals surface area contributed by atoms with Crippen LogP contribution in [-0.4, -0.2) is 28.1 Å². The van der Waals surface area contributed by atoms with Gasteiger partial charge in [0.1, 0.15) is 5.75 Å². The van der Waals surface area contributed by atoms with Crippen molar-refractivity contribution in [3.63, 3.8) is 0 Å². The molecule has 0 aliphatic carbocycles. The number of benzene rings is 1. The lowest BCUT2D eigenvalue weighted by molar-refractivity contribution is -0.138. The second kappa shape index (κ2) is 16.1. The number of unbranched alkanes of at least 4 members (excludes halogenated alkanes) is 5. The fourth-order valence-corrected chi connectivity index (χ4v) is 2.13. The van der Waals surface area contributed by atoms with E-state index < -0.39 is 11.9 Å². The topological polar surface area (TPSA) is 101 Å². The van der Waals surface area contributed by atoms with Crippen molar-refractivity contribution >= 4 is 17.9 Å². The summed E-state index contributed by atoms with van der Waals surface area (Å²) >= 11 is 0. The molecule has 2 N–H and O–H groups in total. The van der Waals surface area contributed by atoms with Crippen LogP contribution in [0.4, 0.5) is 0 Å². The molecule has 1 aromatic carbocycles. The third kappa shape index (κ3) is 16.5. The zero-order valence-corrected chi connectivity index (χ0v) is 15.5. The molecule has 0 spiro atoms. The van der Waals surface area contributed by atoms with Gasteiger partial charge in [-0.05, 0) is 31.4 Å². The van der Waals surface area contributed by atoms with Gasteiger partial charge in [0, 0.05) is 19.3 Å². The Morgan fingerprint density at radius 2 is 1.23 bits per heavy atom. The molecule has 0 unspecified atom stereocenters. The summed E-state index contributed by atoms with van der Waals surface area (Å²) < 4.78 is 5.02. The number of para-hydroxylation sites is 1. The summed E-state index contributed by atoms with van der Waals surface area (Å²) in [6, 6.07) is 9.11. The molecule has 0 radical (unpaired) electrons. The van der Waals surface area contributed by atoms with Crippen LogP contribution in [0.25, 0.3) is 0 Å². The maximum atomic E-state index is 11.0. The summed E-state index contributed by atoms with van der Waals surface area (Å²) in [5.41, 5.74) is 0. The number of aliphatic carboxylic acids is 2. The van der Waals surface area contributed by atoms with E-state index in [4.69, 9.17) is 14.9 Å². The molecule has 0 fully saturated rings. The molecule has 0 atom stereocenters. The first kappa shape index (κ1) is 23.6. The number of rotatable bonds is 12. The number of carboxylic acids is 2. The van der Waals surface area contributed by atoms with E-state index in [9.17, 15) is 14.4 Å². The fourth-order valence-electron chi connectivity index (χ4n) is 2.13. The van der Waals surface area contributed by atoms with Crippen LogP contribution in [-0.2, 0) is 14.4 Å². The Morgan fingerprint density at radius 3 is 1.65 bits per heavy atom. The molecule has 6 nitrogen and oxygen atoms in total. The number of esters is 1. The molecule has 0 amide bonds. The van der Waals surface area contributed by atoms with Crippen molar-refractivity contribution in [2.45, 2.75) is 71.1 Å². The van der Waals surface area contributed by atoms with Crippen molar-refractivity contribution in [3.05, 3.63) is 30.3 Å². The first-order chi connectivity index (χ1) is 12.5. The number of carbonyl (C=O) groups is 3. The van der Waals surface area contributed by atoms with E-state index in [2.05, 4.69) is 0 Å². The summed E-state index contributed by atoms with van der Waals surface area (Å²) in [5.74, 6) is -1.02. The van der Waals surface area contributed by atoms with Crippen molar-refractivity contribution in [3.8, 4) is 5.75 Å². The minimum atomic E-state index is -0.740. The van der Waals surface area contributed by atoms with Crippen molar-refractivity contribution < 1.29 is 29.3 Å². The van der Waals surface area contributed by atoms with Crippen molar-refractivity contribution in [1.29, 1.82) is 0 Å². The van der Waals surface area contributed by atoms with E-state index >= 15 is 0 Å². The van der Waals surface area contributed by atoms with Crippen LogP contribution in [0.2, 0.25) is 0 Å². The number of carboxylic acid groups (broad SMARTS) is 2. The molecule has 146 valence electrons. The van der Waals surface area contributed by atoms with Crippen molar-refractivity contribution in [1.82, 2.24) is 0 Å². The Morgan fingerprint density at radius 1 is 0.769 bits per heavy atom. The van der Waals surface area contributed by atoms with Crippen LogP contribution in [0.5, 0.6) is 5.75 Å². The quantitative estimate of drug-likeness (QED) is 0.317. The molecule has 0 aromatic heterocycles. The fraction of sp³-hybridized carbons (Fsp3) is 0.550. The van der Waals surface area contributed by atoms with Crippen LogP contribution >= 0.6 is 0 Å². The minimum Gasteiger partial charge on any atom is -0.481 e. The van der Waals surface area contributed by atoms with Gasteiger partial charge in [-0.15, -0.1) is 0 Å². The van der Waals surface area contributed by atoms with Crippen LogP contribution in [0.1, 0.15) is 71.1 Å². The lowest BCUT2D eigenvalue weighted by Gasteiger charge is -2.01. The Balaban J connectivity index is 0.000000485. The Kier molecular flexibility index (Phi) is 14.6. The number of hydrogen-bond acceptors (Lipinski definition) is 4.